The lowest BCUT2D eigenvalue weighted by molar-refractivity contribution is -0.117. The molecule has 1 atom stereocenters. The lowest BCUT2D eigenvalue weighted by atomic mass is 10.1. The van der Waals surface area contributed by atoms with Crippen molar-refractivity contribution in [2.75, 3.05) is 5.32 Å². The van der Waals surface area contributed by atoms with Crippen LogP contribution in [0.3, 0.4) is 0 Å². The molecule has 0 saturated heterocycles. The molecule has 1 aromatic carbocycles. The zero-order chi connectivity index (χ0) is 14.1. The minimum absolute atomic E-state index is 0.0155. The highest BCUT2D eigenvalue weighted by Gasteiger charge is 2.17. The molecule has 4 nitrogen and oxygen atoms in total. The summed E-state index contributed by atoms with van der Waals surface area (Å²) in [4.78, 5) is 13.3. The van der Waals surface area contributed by atoms with E-state index < -0.39 is 0 Å². The van der Waals surface area contributed by atoms with Crippen LogP contribution in [0, 0.1) is 0 Å². The third kappa shape index (κ3) is 2.62. The smallest absolute Gasteiger partial charge is 0.232 e. The number of amides is 1. The number of H-pyrrole nitrogens is 1. The summed E-state index contributed by atoms with van der Waals surface area (Å²) >= 11 is 4.99. The lowest BCUT2D eigenvalue weighted by Crippen LogP contribution is -2.18. The second-order valence-corrected chi connectivity index (χ2v) is 7.02. The molecule has 0 bridgehead atoms. The third-order valence-electron chi connectivity index (χ3n) is 3.12. The summed E-state index contributed by atoms with van der Waals surface area (Å²) in [6.07, 6.45) is 1.76. The molecule has 0 radical (unpaired) electrons. The molecule has 102 valence electrons. The molecule has 2 aromatic heterocycles. The van der Waals surface area contributed by atoms with Crippen LogP contribution in [-0.2, 0) is 4.79 Å². The van der Waals surface area contributed by atoms with Gasteiger partial charge in [-0.25, -0.2) is 0 Å². The van der Waals surface area contributed by atoms with Crippen LogP contribution in [-0.4, -0.2) is 16.1 Å². The molecule has 3 rings (SSSR count). The van der Waals surface area contributed by atoms with Crippen molar-refractivity contribution in [3.8, 4) is 0 Å². The summed E-state index contributed by atoms with van der Waals surface area (Å²) in [5.74, 6) is -0.193. The summed E-state index contributed by atoms with van der Waals surface area (Å²) in [5.41, 5.74) is 1.68. The van der Waals surface area contributed by atoms with E-state index in [4.69, 9.17) is 0 Å². The lowest BCUT2D eigenvalue weighted by Gasteiger charge is -2.10. The molecule has 0 aliphatic heterocycles. The monoisotopic (exact) mass is 349 g/mol. The Labute approximate surface area is 128 Å². The number of carbonyl (C=O) groups is 1. The van der Waals surface area contributed by atoms with E-state index in [1.54, 1.807) is 17.5 Å². The predicted molar refractivity (Wildman–Crippen MR) is 85.2 cm³/mol. The Bertz CT molecular complexity index is 764. The fourth-order valence-corrected chi connectivity index (χ4v) is 3.43. The minimum atomic E-state index is -0.177. The summed E-state index contributed by atoms with van der Waals surface area (Å²) in [6, 6.07) is 9.63. The summed E-state index contributed by atoms with van der Waals surface area (Å²) in [6.45, 7) is 1.91. The Morgan fingerprint density at radius 2 is 2.25 bits per heavy atom. The van der Waals surface area contributed by atoms with Gasteiger partial charge in [0, 0.05) is 16.0 Å². The second-order valence-electron chi connectivity index (χ2n) is 4.52. The van der Waals surface area contributed by atoms with Gasteiger partial charge in [0.1, 0.15) is 0 Å². The average molecular weight is 350 g/mol. The van der Waals surface area contributed by atoms with Crippen LogP contribution in [0.25, 0.3) is 10.9 Å². The van der Waals surface area contributed by atoms with Crippen molar-refractivity contribution in [1.82, 2.24) is 10.2 Å². The van der Waals surface area contributed by atoms with Crippen LogP contribution < -0.4 is 5.32 Å². The summed E-state index contributed by atoms with van der Waals surface area (Å²) in [7, 11) is 0. The molecule has 3 aromatic rings. The topological polar surface area (TPSA) is 57.8 Å². The predicted octanol–water partition coefficient (Wildman–Crippen LogP) is 4.13. The van der Waals surface area contributed by atoms with Crippen molar-refractivity contribution >= 4 is 49.8 Å². The number of aromatic amines is 1. The first-order chi connectivity index (χ1) is 9.63. The molecule has 6 heteroatoms. The van der Waals surface area contributed by atoms with E-state index in [-0.39, 0.29) is 11.8 Å². The fraction of sp³-hybridized carbons (Fsp3) is 0.143. The molecule has 0 fully saturated rings. The van der Waals surface area contributed by atoms with Gasteiger partial charge in [0.05, 0.1) is 21.4 Å². The molecule has 0 spiro atoms. The highest BCUT2D eigenvalue weighted by molar-refractivity contribution is 9.11. The van der Waals surface area contributed by atoms with Gasteiger partial charge in [-0.3, -0.25) is 9.89 Å². The Balaban J connectivity index is 1.77. The quantitative estimate of drug-likeness (QED) is 0.746. The molecule has 0 saturated carbocycles. The SMILES string of the molecule is CC(C(=O)Nc1ccc2cn[nH]c2c1)c1ccc(Br)s1. The first-order valence-corrected chi connectivity index (χ1v) is 7.73. The Kier molecular flexibility index (Phi) is 3.58. The van der Waals surface area contributed by atoms with Gasteiger partial charge in [-0.05, 0) is 53.2 Å². The standard InChI is InChI=1S/C14H12BrN3OS/c1-8(12-4-5-13(15)20-12)14(19)17-10-3-2-9-7-16-18-11(9)6-10/h2-8H,1H3,(H,16,18)(H,17,19). The molecule has 20 heavy (non-hydrogen) atoms. The zero-order valence-electron chi connectivity index (χ0n) is 10.7. The Morgan fingerprint density at radius 3 is 3.00 bits per heavy atom. The number of aromatic nitrogens is 2. The van der Waals surface area contributed by atoms with E-state index in [2.05, 4.69) is 31.4 Å². The minimum Gasteiger partial charge on any atom is -0.325 e. The molecule has 0 aliphatic carbocycles. The van der Waals surface area contributed by atoms with Gasteiger partial charge in [0.2, 0.25) is 5.91 Å². The Morgan fingerprint density at radius 1 is 1.40 bits per heavy atom. The maximum absolute atomic E-state index is 12.3. The largest absolute Gasteiger partial charge is 0.325 e. The average Bonchev–Trinajstić information content (AvgIpc) is 3.05. The van der Waals surface area contributed by atoms with Crippen LogP contribution >= 0.6 is 27.3 Å². The first kappa shape index (κ1) is 13.3. The van der Waals surface area contributed by atoms with Gasteiger partial charge in [-0.1, -0.05) is 0 Å². The second kappa shape index (κ2) is 5.38. The zero-order valence-corrected chi connectivity index (χ0v) is 13.1. The highest BCUT2D eigenvalue weighted by Crippen LogP contribution is 2.29. The van der Waals surface area contributed by atoms with Crippen LogP contribution in [0.5, 0.6) is 0 Å². The Hall–Kier alpha value is -1.66. The van der Waals surface area contributed by atoms with Crippen LogP contribution in [0.15, 0.2) is 40.3 Å². The molecule has 1 amide bonds. The van der Waals surface area contributed by atoms with Gasteiger partial charge in [0.15, 0.2) is 0 Å². The van der Waals surface area contributed by atoms with Gasteiger partial charge in [-0.15, -0.1) is 11.3 Å². The highest BCUT2D eigenvalue weighted by atomic mass is 79.9. The number of hydrogen-bond donors (Lipinski definition) is 2. The molecule has 0 aliphatic rings. The number of hydrogen-bond acceptors (Lipinski definition) is 3. The fourth-order valence-electron chi connectivity index (χ4n) is 1.96. The number of benzene rings is 1. The van der Waals surface area contributed by atoms with Crippen molar-refractivity contribution in [3.05, 3.63) is 45.2 Å². The van der Waals surface area contributed by atoms with Crippen molar-refractivity contribution in [2.24, 2.45) is 0 Å². The molecule has 1 unspecified atom stereocenters. The number of halogens is 1. The van der Waals surface area contributed by atoms with E-state index in [0.717, 1.165) is 25.3 Å². The van der Waals surface area contributed by atoms with E-state index in [0.29, 0.717) is 0 Å². The normalized spacial score (nSPS) is 12.5. The van der Waals surface area contributed by atoms with E-state index in [1.165, 1.54) is 0 Å². The number of fused-ring (bicyclic) bond motifs is 1. The van der Waals surface area contributed by atoms with Gasteiger partial charge in [0.25, 0.3) is 0 Å². The van der Waals surface area contributed by atoms with E-state index >= 15 is 0 Å². The number of anilines is 1. The van der Waals surface area contributed by atoms with Gasteiger partial charge < -0.3 is 5.32 Å². The van der Waals surface area contributed by atoms with E-state index in [9.17, 15) is 4.79 Å². The summed E-state index contributed by atoms with van der Waals surface area (Å²) < 4.78 is 1.03. The molecular weight excluding hydrogens is 338 g/mol. The van der Waals surface area contributed by atoms with Gasteiger partial charge >= 0.3 is 0 Å². The van der Waals surface area contributed by atoms with Gasteiger partial charge in [-0.2, -0.15) is 5.10 Å². The van der Waals surface area contributed by atoms with Crippen molar-refractivity contribution in [3.63, 3.8) is 0 Å². The van der Waals surface area contributed by atoms with Crippen LogP contribution in [0.1, 0.15) is 17.7 Å². The number of carbonyl (C=O) groups excluding carboxylic acids is 1. The van der Waals surface area contributed by atoms with Crippen molar-refractivity contribution in [2.45, 2.75) is 12.8 Å². The third-order valence-corrected chi connectivity index (χ3v) is 4.93. The molecule has 2 heterocycles. The van der Waals surface area contributed by atoms with Crippen molar-refractivity contribution in [1.29, 1.82) is 0 Å². The number of nitrogens with zero attached hydrogens (tertiary/aromatic N) is 1. The number of thiophene rings is 1. The maximum Gasteiger partial charge on any atom is 0.232 e. The van der Waals surface area contributed by atoms with Crippen molar-refractivity contribution < 1.29 is 4.79 Å². The van der Waals surface area contributed by atoms with Crippen LogP contribution in [0.2, 0.25) is 0 Å². The van der Waals surface area contributed by atoms with E-state index in [1.807, 2.05) is 37.3 Å². The first-order valence-electron chi connectivity index (χ1n) is 6.13. The molecular formula is C14H12BrN3OS. The molecule has 2 N–H and O–H groups in total. The maximum atomic E-state index is 12.3. The van der Waals surface area contributed by atoms with Crippen LogP contribution in [0.4, 0.5) is 5.69 Å². The summed E-state index contributed by atoms with van der Waals surface area (Å²) in [5, 5.41) is 10.8. The number of nitrogens with one attached hydrogen (secondary N) is 2. The number of rotatable bonds is 3.